The lowest BCUT2D eigenvalue weighted by Gasteiger charge is -2.09. The molecule has 2 aromatic carbocycles. The maximum absolute atomic E-state index is 13.9. The topological polar surface area (TPSA) is 17.8 Å². The van der Waals surface area contributed by atoms with Crippen LogP contribution in [0.5, 0.6) is 0 Å². The molecule has 1 aromatic heterocycles. The van der Waals surface area contributed by atoms with Crippen LogP contribution < -0.4 is 0 Å². The molecule has 3 rings (SSSR count). The number of nitrogens with zero attached hydrogens (tertiary/aromatic N) is 2. The minimum atomic E-state index is -0.350. The smallest absolute Gasteiger partial charge is 0.138 e. The van der Waals surface area contributed by atoms with Gasteiger partial charge >= 0.3 is 0 Å². The highest BCUT2D eigenvalue weighted by Crippen LogP contribution is 2.26. The highest BCUT2D eigenvalue weighted by atomic mass is 127. The number of aryl methyl sites for hydroxylation is 1. The van der Waals surface area contributed by atoms with Crippen LogP contribution in [0.3, 0.4) is 0 Å². The van der Waals surface area contributed by atoms with Crippen LogP contribution in [0.1, 0.15) is 5.82 Å². The van der Waals surface area contributed by atoms with Gasteiger partial charge in [0.1, 0.15) is 17.5 Å². The van der Waals surface area contributed by atoms with Gasteiger partial charge in [-0.2, -0.15) is 0 Å². The molecular weight excluding hydrogens is 409 g/mol. The Hall–Kier alpha value is -1.21. The Morgan fingerprint density at radius 3 is 2.71 bits per heavy atom. The Balaban J connectivity index is 2.32. The van der Waals surface area contributed by atoms with E-state index in [1.54, 1.807) is 22.8 Å². The number of fused-ring (bicyclic) bond motifs is 1. The van der Waals surface area contributed by atoms with Gasteiger partial charge in [0, 0.05) is 18.4 Å². The van der Waals surface area contributed by atoms with Gasteiger partial charge in [-0.1, -0.05) is 6.07 Å². The van der Waals surface area contributed by atoms with Crippen molar-refractivity contribution in [2.75, 3.05) is 5.88 Å². The number of hydrogen-bond donors (Lipinski definition) is 0. The maximum Gasteiger partial charge on any atom is 0.138 e. The molecule has 6 heteroatoms. The number of halogens is 4. The first-order valence-corrected chi connectivity index (χ1v) is 7.90. The first kappa shape index (κ1) is 14.7. The van der Waals surface area contributed by atoms with Crippen LogP contribution in [0.15, 0.2) is 36.4 Å². The number of benzene rings is 2. The molecule has 0 aliphatic rings. The molecule has 3 aromatic rings. The predicted molar refractivity (Wildman–Crippen MR) is 88.1 cm³/mol. The minimum absolute atomic E-state index is 0.321. The number of hydrogen-bond acceptors (Lipinski definition) is 1. The van der Waals surface area contributed by atoms with E-state index in [2.05, 4.69) is 4.98 Å². The average molecular weight is 419 g/mol. The molecule has 0 unspecified atom stereocenters. The van der Waals surface area contributed by atoms with Crippen molar-refractivity contribution < 1.29 is 8.78 Å². The molecule has 0 aliphatic heterocycles. The van der Waals surface area contributed by atoms with E-state index in [9.17, 15) is 8.78 Å². The largest absolute Gasteiger partial charge is 0.296 e. The molecule has 0 fully saturated rings. The van der Waals surface area contributed by atoms with Crippen LogP contribution in [0.4, 0.5) is 8.78 Å². The SMILES string of the molecule is Fc1cccc(-n2c(CCCl)nc3cc(I)c(F)cc32)c1. The van der Waals surface area contributed by atoms with Gasteiger partial charge in [-0.15, -0.1) is 11.6 Å². The molecule has 0 atom stereocenters. The molecule has 0 radical (unpaired) electrons. The average Bonchev–Trinajstić information content (AvgIpc) is 2.77. The Kier molecular flexibility index (Phi) is 4.12. The second-order valence-electron chi connectivity index (χ2n) is 4.54. The summed E-state index contributed by atoms with van der Waals surface area (Å²) in [4.78, 5) is 4.50. The van der Waals surface area contributed by atoms with Gasteiger partial charge < -0.3 is 0 Å². The second-order valence-corrected chi connectivity index (χ2v) is 6.08. The van der Waals surface area contributed by atoms with Crippen molar-refractivity contribution in [3.8, 4) is 5.69 Å². The van der Waals surface area contributed by atoms with E-state index in [4.69, 9.17) is 11.6 Å². The molecule has 21 heavy (non-hydrogen) atoms. The summed E-state index contributed by atoms with van der Waals surface area (Å²) in [6.07, 6.45) is 0.519. The van der Waals surface area contributed by atoms with E-state index < -0.39 is 0 Å². The van der Waals surface area contributed by atoms with E-state index in [1.165, 1.54) is 18.2 Å². The summed E-state index contributed by atoms with van der Waals surface area (Å²) in [5, 5.41) is 0. The molecule has 1 heterocycles. The Morgan fingerprint density at radius 1 is 1.19 bits per heavy atom. The summed E-state index contributed by atoms with van der Waals surface area (Å²) >= 11 is 7.74. The van der Waals surface area contributed by atoms with Crippen LogP contribution in [-0.2, 0) is 6.42 Å². The van der Waals surface area contributed by atoms with Gasteiger partial charge in [0.15, 0.2) is 0 Å². The van der Waals surface area contributed by atoms with Crippen molar-refractivity contribution in [3.05, 3.63) is 57.4 Å². The zero-order valence-electron chi connectivity index (χ0n) is 10.8. The number of rotatable bonds is 3. The van der Waals surface area contributed by atoms with E-state index in [0.717, 1.165) is 0 Å². The lowest BCUT2D eigenvalue weighted by atomic mass is 10.2. The van der Waals surface area contributed by atoms with Crippen LogP contribution in [0, 0.1) is 15.2 Å². The van der Waals surface area contributed by atoms with Crippen molar-refractivity contribution in [2.45, 2.75) is 6.42 Å². The van der Waals surface area contributed by atoms with Gasteiger partial charge in [0.2, 0.25) is 0 Å². The summed E-state index contributed by atoms with van der Waals surface area (Å²) in [5.41, 5.74) is 1.89. The van der Waals surface area contributed by atoms with E-state index in [-0.39, 0.29) is 11.6 Å². The summed E-state index contributed by atoms with van der Waals surface area (Å²) < 4.78 is 29.6. The quantitative estimate of drug-likeness (QED) is 0.446. The third-order valence-corrected chi connectivity index (χ3v) is 4.17. The summed E-state index contributed by atoms with van der Waals surface area (Å²) in [6.45, 7) is 0. The van der Waals surface area contributed by atoms with Crippen LogP contribution in [0.25, 0.3) is 16.7 Å². The molecule has 0 amide bonds. The van der Waals surface area contributed by atoms with Crippen LogP contribution in [0.2, 0.25) is 0 Å². The van der Waals surface area contributed by atoms with Crippen LogP contribution >= 0.6 is 34.2 Å². The summed E-state index contributed by atoms with van der Waals surface area (Å²) in [5.74, 6) is 0.403. The Bertz CT molecular complexity index is 817. The summed E-state index contributed by atoms with van der Waals surface area (Å²) in [7, 11) is 0. The zero-order valence-corrected chi connectivity index (χ0v) is 13.7. The van der Waals surface area contributed by atoms with E-state index in [1.807, 2.05) is 22.6 Å². The maximum atomic E-state index is 13.9. The minimum Gasteiger partial charge on any atom is -0.296 e. The second kappa shape index (κ2) is 5.88. The molecule has 0 saturated heterocycles. The van der Waals surface area contributed by atoms with Gasteiger partial charge in [0.25, 0.3) is 0 Å². The van der Waals surface area contributed by atoms with E-state index >= 15 is 0 Å². The third-order valence-electron chi connectivity index (χ3n) is 3.15. The van der Waals surface area contributed by atoms with Crippen molar-refractivity contribution in [2.24, 2.45) is 0 Å². The van der Waals surface area contributed by atoms with Crippen molar-refractivity contribution >= 4 is 45.2 Å². The standard InChI is InChI=1S/C15H10ClF2IN2/c16-5-4-15-20-13-8-12(19)11(18)7-14(13)21(15)10-3-1-2-9(17)6-10/h1-3,6-8H,4-5H2. The van der Waals surface area contributed by atoms with Crippen molar-refractivity contribution in [1.29, 1.82) is 0 Å². The molecule has 0 N–H and O–H groups in total. The lowest BCUT2D eigenvalue weighted by molar-refractivity contribution is 0.621. The molecule has 0 bridgehead atoms. The van der Waals surface area contributed by atoms with Crippen LogP contribution in [-0.4, -0.2) is 15.4 Å². The predicted octanol–water partition coefficient (Wildman–Crippen LogP) is 4.69. The monoisotopic (exact) mass is 418 g/mol. The van der Waals surface area contributed by atoms with E-state index in [0.29, 0.717) is 38.4 Å². The zero-order chi connectivity index (χ0) is 15.0. The van der Waals surface area contributed by atoms with Gasteiger partial charge in [-0.25, -0.2) is 13.8 Å². The number of alkyl halides is 1. The first-order chi connectivity index (χ1) is 10.1. The highest BCUT2D eigenvalue weighted by molar-refractivity contribution is 14.1. The normalized spacial score (nSPS) is 11.2. The highest BCUT2D eigenvalue weighted by Gasteiger charge is 2.15. The Morgan fingerprint density at radius 2 is 2.00 bits per heavy atom. The molecule has 108 valence electrons. The van der Waals surface area contributed by atoms with Crippen molar-refractivity contribution in [3.63, 3.8) is 0 Å². The van der Waals surface area contributed by atoms with Gasteiger partial charge in [-0.3, -0.25) is 4.57 Å². The van der Waals surface area contributed by atoms with Gasteiger partial charge in [-0.05, 0) is 46.9 Å². The van der Waals surface area contributed by atoms with Gasteiger partial charge in [0.05, 0.1) is 20.3 Å². The fourth-order valence-electron chi connectivity index (χ4n) is 2.28. The molecule has 0 saturated carbocycles. The number of aromatic nitrogens is 2. The lowest BCUT2D eigenvalue weighted by Crippen LogP contribution is -2.02. The summed E-state index contributed by atoms with van der Waals surface area (Å²) in [6, 6.07) is 9.25. The molecule has 0 aliphatic carbocycles. The fourth-order valence-corrected chi connectivity index (χ4v) is 2.90. The number of imidazole rings is 1. The fraction of sp³-hybridized carbons (Fsp3) is 0.133. The molecule has 0 spiro atoms. The Labute approximate surface area is 138 Å². The molecular formula is C15H10ClF2IN2. The first-order valence-electron chi connectivity index (χ1n) is 6.28. The molecule has 2 nitrogen and oxygen atoms in total. The van der Waals surface area contributed by atoms with Crippen molar-refractivity contribution in [1.82, 2.24) is 9.55 Å². The third kappa shape index (κ3) is 2.76.